The fourth-order valence-corrected chi connectivity index (χ4v) is 5.53. The number of nitrogens with zero attached hydrogens (tertiary/aromatic N) is 10. The normalized spacial score (nSPS) is 17.7. The molecule has 20 nitrogen and oxygen atoms in total. The second kappa shape index (κ2) is 25.7. The van der Waals surface area contributed by atoms with Gasteiger partial charge in [0, 0.05) is 26.1 Å². The molecule has 2 fully saturated rings. The summed E-state index contributed by atoms with van der Waals surface area (Å²) in [7, 11) is 0. The summed E-state index contributed by atoms with van der Waals surface area (Å²) in [4.78, 5) is 71.8. The number of hydrogen-bond acceptors (Lipinski definition) is 15. The van der Waals surface area contributed by atoms with E-state index in [0.29, 0.717) is 69.0 Å². The summed E-state index contributed by atoms with van der Waals surface area (Å²) in [6.45, 7) is 2.26. The highest BCUT2D eigenvalue weighted by Crippen LogP contribution is 2.30. The van der Waals surface area contributed by atoms with Gasteiger partial charge in [0.25, 0.3) is 0 Å². The van der Waals surface area contributed by atoms with Crippen molar-refractivity contribution in [3.05, 3.63) is 48.0 Å². The molecule has 0 aliphatic carbocycles. The number of ether oxygens (including phenoxy) is 2. The summed E-state index contributed by atoms with van der Waals surface area (Å²) in [5.74, 6) is -2.30. The van der Waals surface area contributed by atoms with E-state index in [9.17, 15) is 37.5 Å². The summed E-state index contributed by atoms with van der Waals surface area (Å²) in [5, 5.41) is 34.0. The first-order valence-corrected chi connectivity index (χ1v) is 21.6. The highest BCUT2D eigenvalue weighted by atomic mass is 127. The van der Waals surface area contributed by atoms with Crippen LogP contribution in [-0.2, 0) is 28.7 Å². The van der Waals surface area contributed by atoms with Gasteiger partial charge in [0.1, 0.15) is 48.7 Å². The minimum Gasteiger partial charge on any atom is -0.480 e. The predicted octanol–water partition coefficient (Wildman–Crippen LogP) is 4.53. The molecule has 0 unspecified atom stereocenters. The van der Waals surface area contributed by atoms with Gasteiger partial charge in [0.15, 0.2) is 0 Å². The zero-order valence-electron chi connectivity index (χ0n) is 31.9. The topological polar surface area (TPSA) is 259 Å². The van der Waals surface area contributed by atoms with Gasteiger partial charge in [0.2, 0.25) is 12.8 Å². The van der Waals surface area contributed by atoms with E-state index in [1.807, 2.05) is 0 Å². The standard InChI is InChI=1S/C18H18FN5O4.C14H16FN5O3.C3H3NO2.CHI3/c19-16-9-13(1-4-17(16)22-7-8-23(12-25)21-11-22)24-10-15(28-18(24)27)3-2-14(26)5-6-20;15-12-5-10(20-7-11(6-16)23-14(20)22)1-2-13(12)18-3-4-19(9-21)17-8-18;4-2-1-3(5)6;2-1(3)4/h1,4,9,11-12,15H,2-3,5,7-8,10H2;1-2,5,8-9,11H,3-4,6-7,16H2;1H2,(H,5,6);1H/t15-;11-;;/m00../s1. The number of hydrogen-bond donors (Lipinski definition) is 2. The summed E-state index contributed by atoms with van der Waals surface area (Å²) in [5.41, 5.74) is 6.85. The average molecular weight is 1190 g/mol. The number of hydrazone groups is 2. The Kier molecular flexibility index (Phi) is 21.2. The van der Waals surface area contributed by atoms with E-state index in [2.05, 4.69) is 78.0 Å². The Hall–Kier alpha value is -5.01. The highest BCUT2D eigenvalue weighted by molar-refractivity contribution is 14.3. The predicted molar refractivity (Wildman–Crippen MR) is 242 cm³/mol. The molecule has 0 bridgehead atoms. The number of nitriles is 2. The number of amides is 4. The molecule has 6 rings (SSSR count). The number of rotatable bonds is 12. The lowest BCUT2D eigenvalue weighted by Gasteiger charge is -2.27. The van der Waals surface area contributed by atoms with Crippen molar-refractivity contribution in [3.63, 3.8) is 0 Å². The van der Waals surface area contributed by atoms with E-state index in [1.165, 1.54) is 56.8 Å². The molecule has 4 amide bonds. The molecule has 0 saturated carbocycles. The summed E-state index contributed by atoms with van der Waals surface area (Å²) in [6.07, 6.45) is 1.87. The van der Waals surface area contributed by atoms with Gasteiger partial charge < -0.3 is 30.1 Å². The number of aliphatic carboxylic acids is 1. The molecular formula is C36H38F2I3N11O9. The van der Waals surface area contributed by atoms with Gasteiger partial charge in [-0.1, -0.05) is 67.8 Å². The Labute approximate surface area is 389 Å². The van der Waals surface area contributed by atoms with Gasteiger partial charge in [0.05, 0.1) is 67.5 Å². The summed E-state index contributed by atoms with van der Waals surface area (Å²) < 4.78 is 40.0. The first-order valence-electron chi connectivity index (χ1n) is 17.8. The van der Waals surface area contributed by atoms with Crippen LogP contribution in [0.2, 0.25) is 0 Å². The Bertz CT molecular complexity index is 2040. The van der Waals surface area contributed by atoms with Crippen LogP contribution >= 0.6 is 67.8 Å². The van der Waals surface area contributed by atoms with Crippen molar-refractivity contribution in [3.8, 4) is 12.1 Å². The van der Waals surface area contributed by atoms with E-state index >= 15 is 0 Å². The zero-order valence-corrected chi connectivity index (χ0v) is 38.4. The number of carbonyl (C=O) groups is 6. The number of carbonyl (C=O) groups excluding carboxylic acids is 5. The maximum absolute atomic E-state index is 14.6. The van der Waals surface area contributed by atoms with Crippen LogP contribution in [0.1, 0.15) is 25.7 Å². The average Bonchev–Trinajstić information content (AvgIpc) is 3.81. The largest absolute Gasteiger partial charge is 0.480 e. The molecule has 61 heavy (non-hydrogen) atoms. The molecule has 4 aliphatic heterocycles. The van der Waals surface area contributed by atoms with Crippen molar-refractivity contribution in [2.75, 3.05) is 65.4 Å². The van der Waals surface area contributed by atoms with Crippen LogP contribution in [-0.4, -0.2) is 123 Å². The molecule has 326 valence electrons. The fourth-order valence-electron chi connectivity index (χ4n) is 5.53. The van der Waals surface area contributed by atoms with Crippen LogP contribution in [0.4, 0.5) is 41.1 Å². The van der Waals surface area contributed by atoms with E-state index < -0.39 is 42.3 Å². The first-order chi connectivity index (χ1) is 29.1. The Morgan fingerprint density at radius 2 is 1.26 bits per heavy atom. The zero-order chi connectivity index (χ0) is 45.1. The van der Waals surface area contributed by atoms with Gasteiger partial charge >= 0.3 is 18.2 Å². The van der Waals surface area contributed by atoms with Crippen molar-refractivity contribution in [1.29, 1.82) is 10.5 Å². The lowest BCUT2D eigenvalue weighted by Crippen LogP contribution is -2.37. The Morgan fingerprint density at radius 3 is 1.59 bits per heavy atom. The fraction of sp³-hybridized carbons (Fsp3) is 0.389. The lowest BCUT2D eigenvalue weighted by atomic mass is 10.1. The molecule has 0 radical (unpaired) electrons. The molecule has 25 heteroatoms. The van der Waals surface area contributed by atoms with E-state index in [-0.39, 0.29) is 43.5 Å². The van der Waals surface area contributed by atoms with Gasteiger partial charge in [-0.15, -0.1) is 0 Å². The van der Waals surface area contributed by atoms with Gasteiger partial charge in [-0.25, -0.2) is 28.4 Å². The SMILES string of the molecule is IC(I)I.N#CCC(=O)CC[C@H]1CN(c2ccc(N3C=NN(C=O)CC3)c(F)c2)C(=O)O1.N#CCC(=O)O.NC[C@H]1CN(c2ccc(N3C=NN(C=O)CC3)c(F)c2)C(=O)O1. The third-order valence-corrected chi connectivity index (χ3v) is 8.43. The smallest absolute Gasteiger partial charge is 0.414 e. The molecule has 4 aliphatic rings. The van der Waals surface area contributed by atoms with Crippen LogP contribution in [0.25, 0.3) is 0 Å². The molecule has 2 saturated heterocycles. The quantitative estimate of drug-likeness (QED) is 0.168. The van der Waals surface area contributed by atoms with Crippen molar-refractivity contribution in [2.45, 2.75) is 37.8 Å². The van der Waals surface area contributed by atoms with Gasteiger partial charge in [-0.2, -0.15) is 20.7 Å². The Morgan fingerprint density at radius 1 is 0.820 bits per heavy atom. The number of nitrogens with two attached hydrogens (primary N) is 1. The minimum atomic E-state index is -1.07. The Balaban J connectivity index is 0.000000269. The number of alkyl halides is 3. The molecular weight excluding hydrogens is 1150 g/mol. The van der Waals surface area contributed by atoms with Crippen molar-refractivity contribution < 1.29 is 52.1 Å². The van der Waals surface area contributed by atoms with Crippen LogP contribution < -0.4 is 25.3 Å². The van der Waals surface area contributed by atoms with E-state index in [1.54, 1.807) is 34.1 Å². The number of carboxylic acid groups (broad SMARTS) is 1. The summed E-state index contributed by atoms with van der Waals surface area (Å²) >= 11 is 6.95. The third kappa shape index (κ3) is 16.1. The van der Waals surface area contributed by atoms with E-state index in [4.69, 9.17) is 30.8 Å². The van der Waals surface area contributed by atoms with Crippen molar-refractivity contribution >= 4 is 140 Å². The van der Waals surface area contributed by atoms with Gasteiger partial charge in [-0.3, -0.25) is 29.0 Å². The maximum Gasteiger partial charge on any atom is 0.414 e. The molecule has 2 atom stereocenters. The number of benzene rings is 2. The number of Topliss-reactive ketones (excluding diaryl/α,β-unsaturated/α-hetero) is 1. The van der Waals surface area contributed by atoms with Crippen LogP contribution in [0.3, 0.4) is 0 Å². The van der Waals surface area contributed by atoms with Gasteiger partial charge in [-0.05, 0) is 42.8 Å². The molecule has 3 N–H and O–H groups in total. The molecule has 4 heterocycles. The number of cyclic esters (lactones) is 2. The lowest BCUT2D eigenvalue weighted by molar-refractivity contribution is -0.135. The molecule has 0 aromatic heterocycles. The number of anilines is 4. The van der Waals surface area contributed by atoms with Crippen LogP contribution in [0, 0.1) is 34.3 Å². The van der Waals surface area contributed by atoms with Crippen molar-refractivity contribution in [2.24, 2.45) is 15.9 Å². The molecule has 2 aromatic rings. The second-order valence-corrected chi connectivity index (χ2v) is 23.4. The number of ketones is 1. The number of carboxylic acids is 1. The first kappa shape index (κ1) is 50.3. The van der Waals surface area contributed by atoms with Crippen LogP contribution in [0.5, 0.6) is 0 Å². The van der Waals surface area contributed by atoms with E-state index in [0.717, 1.165) is -0.0619 Å². The second-order valence-electron chi connectivity index (χ2n) is 12.5. The van der Waals surface area contributed by atoms with Crippen molar-refractivity contribution in [1.82, 2.24) is 10.0 Å². The molecule has 2 aromatic carbocycles. The third-order valence-electron chi connectivity index (χ3n) is 8.43. The monoisotopic (exact) mass is 1190 g/mol. The molecule has 0 spiro atoms. The number of halogens is 5. The minimum absolute atomic E-state index is 0.152. The maximum atomic E-state index is 14.6. The highest BCUT2D eigenvalue weighted by Gasteiger charge is 2.34. The van der Waals surface area contributed by atoms with Crippen LogP contribution in [0.15, 0.2) is 46.6 Å². The summed E-state index contributed by atoms with van der Waals surface area (Å²) in [6, 6.07) is 12.1.